The van der Waals surface area contributed by atoms with Crippen molar-refractivity contribution in [2.45, 2.75) is 26.3 Å². The largest absolute Gasteiger partial charge is 0.507 e. The fourth-order valence-electron chi connectivity index (χ4n) is 3.90. The number of benzene rings is 2. The Labute approximate surface area is 216 Å². The van der Waals surface area contributed by atoms with Crippen LogP contribution in [-0.4, -0.2) is 41.5 Å². The van der Waals surface area contributed by atoms with Crippen LogP contribution in [0.15, 0.2) is 54.1 Å². The lowest BCUT2D eigenvalue weighted by Crippen LogP contribution is -2.29. The number of aryl methyl sites for hydroxylation is 1. The van der Waals surface area contributed by atoms with Crippen LogP contribution in [0.25, 0.3) is 5.76 Å². The summed E-state index contributed by atoms with van der Waals surface area (Å²) in [5.74, 6) is -2.21. The van der Waals surface area contributed by atoms with Crippen LogP contribution < -0.4 is 9.64 Å². The van der Waals surface area contributed by atoms with Gasteiger partial charge in [-0.2, -0.15) is 0 Å². The van der Waals surface area contributed by atoms with E-state index in [1.54, 1.807) is 55.5 Å². The Morgan fingerprint density at radius 3 is 2.64 bits per heavy atom. The van der Waals surface area contributed by atoms with Crippen molar-refractivity contribution >= 4 is 51.5 Å². The van der Waals surface area contributed by atoms with Crippen LogP contribution in [0.5, 0.6) is 5.75 Å². The molecule has 186 valence electrons. The molecule has 2 aromatic carbocycles. The number of carbonyl (C=O) groups excluding carboxylic acids is 3. The summed E-state index contributed by atoms with van der Waals surface area (Å²) in [7, 11) is 1.25. The van der Waals surface area contributed by atoms with E-state index in [0.717, 1.165) is 17.8 Å². The van der Waals surface area contributed by atoms with E-state index >= 15 is 0 Å². The van der Waals surface area contributed by atoms with E-state index < -0.39 is 23.7 Å². The quantitative estimate of drug-likeness (QED) is 0.192. The number of nitrogens with zero attached hydrogens (tertiary/aromatic N) is 2. The highest BCUT2D eigenvalue weighted by Gasteiger charge is 2.48. The van der Waals surface area contributed by atoms with E-state index in [-0.39, 0.29) is 21.3 Å². The van der Waals surface area contributed by atoms with Gasteiger partial charge in [-0.3, -0.25) is 14.5 Å². The zero-order chi connectivity index (χ0) is 26.0. The van der Waals surface area contributed by atoms with E-state index in [2.05, 4.69) is 4.98 Å². The van der Waals surface area contributed by atoms with Gasteiger partial charge < -0.3 is 14.6 Å². The number of ketones is 1. The number of amides is 1. The molecule has 1 aliphatic heterocycles. The molecule has 1 aliphatic rings. The Morgan fingerprint density at radius 2 is 1.94 bits per heavy atom. The molecule has 0 saturated carbocycles. The minimum absolute atomic E-state index is 0.123. The van der Waals surface area contributed by atoms with Crippen molar-refractivity contribution in [3.8, 4) is 5.75 Å². The number of hydrogen-bond donors (Lipinski definition) is 1. The van der Waals surface area contributed by atoms with Crippen LogP contribution in [0.4, 0.5) is 5.13 Å². The number of hydrogen-bond acceptors (Lipinski definition) is 8. The van der Waals surface area contributed by atoms with Gasteiger partial charge in [0.05, 0.1) is 31.0 Å². The summed E-state index contributed by atoms with van der Waals surface area (Å²) < 4.78 is 10.5. The molecule has 0 aliphatic carbocycles. The van der Waals surface area contributed by atoms with Crippen LogP contribution in [0.2, 0.25) is 5.02 Å². The number of Topliss-reactive ketones (excluding diaryl/α,β-unsaturated/α-hetero) is 1. The average Bonchev–Trinajstić information content (AvgIpc) is 3.38. The maximum absolute atomic E-state index is 13.3. The summed E-state index contributed by atoms with van der Waals surface area (Å²) in [6.07, 6.45) is 0.802. The molecule has 1 unspecified atom stereocenters. The van der Waals surface area contributed by atoms with Gasteiger partial charge in [-0.15, -0.1) is 0 Å². The number of esters is 1. The summed E-state index contributed by atoms with van der Waals surface area (Å²) in [5, 5.41) is 11.8. The van der Waals surface area contributed by atoms with Gasteiger partial charge in [-0.1, -0.05) is 54.1 Å². The predicted molar refractivity (Wildman–Crippen MR) is 137 cm³/mol. The maximum atomic E-state index is 13.3. The van der Waals surface area contributed by atoms with Gasteiger partial charge in [0.25, 0.3) is 5.78 Å². The molecule has 1 fully saturated rings. The average molecular weight is 527 g/mol. The fraction of sp³-hybridized carbons (Fsp3) is 0.231. The summed E-state index contributed by atoms with van der Waals surface area (Å²) >= 11 is 7.16. The van der Waals surface area contributed by atoms with Crippen molar-refractivity contribution in [2.75, 3.05) is 18.6 Å². The number of rotatable bonds is 7. The highest BCUT2D eigenvalue weighted by atomic mass is 35.5. The van der Waals surface area contributed by atoms with E-state index in [0.29, 0.717) is 34.2 Å². The van der Waals surface area contributed by atoms with Crippen LogP contribution >= 0.6 is 22.9 Å². The van der Waals surface area contributed by atoms with E-state index in [4.69, 9.17) is 21.1 Å². The molecule has 0 bridgehead atoms. The third-order valence-electron chi connectivity index (χ3n) is 5.55. The Bertz CT molecular complexity index is 1380. The van der Waals surface area contributed by atoms with Crippen LogP contribution in [-0.2, 0) is 14.3 Å². The number of thiazole rings is 1. The second-order valence-corrected chi connectivity index (χ2v) is 9.42. The van der Waals surface area contributed by atoms with Crippen molar-refractivity contribution in [3.63, 3.8) is 0 Å². The monoisotopic (exact) mass is 526 g/mol. The molecule has 0 radical (unpaired) electrons. The lowest BCUT2D eigenvalue weighted by molar-refractivity contribution is -0.132. The van der Waals surface area contributed by atoms with Crippen LogP contribution in [0.1, 0.15) is 45.9 Å². The number of aliphatic hydroxyl groups is 1. The first-order chi connectivity index (χ1) is 17.3. The number of aliphatic hydroxyl groups excluding tert-OH is 1. The molecule has 10 heteroatoms. The summed E-state index contributed by atoms with van der Waals surface area (Å²) in [4.78, 5) is 44.6. The molecule has 1 N–H and O–H groups in total. The lowest BCUT2D eigenvalue weighted by atomic mass is 9.95. The molecule has 1 aromatic heterocycles. The minimum Gasteiger partial charge on any atom is -0.507 e. The SMILES string of the molecule is CCCOc1cccc(C(O)=C2C(=O)C(=O)N(c3nc(C)c(C(=O)OC)s3)C2c2cccc(Cl)c2)c1. The lowest BCUT2D eigenvalue weighted by Gasteiger charge is -2.23. The van der Waals surface area contributed by atoms with Gasteiger partial charge in [-0.25, -0.2) is 9.78 Å². The number of ether oxygens (including phenoxy) is 2. The van der Waals surface area contributed by atoms with E-state index in [9.17, 15) is 19.5 Å². The van der Waals surface area contributed by atoms with Crippen molar-refractivity contribution in [1.29, 1.82) is 0 Å². The van der Waals surface area contributed by atoms with Gasteiger partial charge in [0.15, 0.2) is 5.13 Å². The topological polar surface area (TPSA) is 106 Å². The van der Waals surface area contributed by atoms with Crippen molar-refractivity contribution in [1.82, 2.24) is 4.98 Å². The van der Waals surface area contributed by atoms with Gasteiger partial charge in [0.2, 0.25) is 0 Å². The van der Waals surface area contributed by atoms with Crippen molar-refractivity contribution < 1.29 is 29.0 Å². The number of aromatic nitrogens is 1. The molecule has 0 spiro atoms. The highest BCUT2D eigenvalue weighted by molar-refractivity contribution is 7.17. The van der Waals surface area contributed by atoms with Gasteiger partial charge in [-0.05, 0) is 43.2 Å². The molecule has 1 saturated heterocycles. The number of anilines is 1. The highest BCUT2D eigenvalue weighted by Crippen LogP contribution is 2.44. The molecular weight excluding hydrogens is 504 g/mol. The molecule has 1 amide bonds. The Kier molecular flexibility index (Phi) is 7.42. The molecular formula is C26H23ClN2O6S. The predicted octanol–water partition coefficient (Wildman–Crippen LogP) is 5.31. The Morgan fingerprint density at radius 1 is 1.19 bits per heavy atom. The first-order valence-electron chi connectivity index (χ1n) is 11.1. The second kappa shape index (κ2) is 10.5. The molecule has 1 atom stereocenters. The van der Waals surface area contributed by atoms with Crippen molar-refractivity contribution in [3.05, 3.63) is 80.8 Å². The van der Waals surface area contributed by atoms with E-state index in [1.807, 2.05) is 6.92 Å². The smallest absolute Gasteiger partial charge is 0.350 e. The van der Waals surface area contributed by atoms with Gasteiger partial charge in [0, 0.05) is 10.6 Å². The third-order valence-corrected chi connectivity index (χ3v) is 6.92. The Hall–Kier alpha value is -3.69. The number of halogens is 1. The summed E-state index contributed by atoms with van der Waals surface area (Å²) in [6, 6.07) is 12.3. The molecule has 36 heavy (non-hydrogen) atoms. The first kappa shape index (κ1) is 25.4. The molecule has 4 rings (SSSR count). The van der Waals surface area contributed by atoms with E-state index in [1.165, 1.54) is 12.0 Å². The normalized spacial score (nSPS) is 16.9. The van der Waals surface area contributed by atoms with Crippen LogP contribution in [0.3, 0.4) is 0 Å². The Balaban J connectivity index is 1.90. The van der Waals surface area contributed by atoms with Crippen molar-refractivity contribution in [2.24, 2.45) is 0 Å². The minimum atomic E-state index is -1.03. The third kappa shape index (κ3) is 4.72. The second-order valence-electron chi connectivity index (χ2n) is 8.00. The molecule has 2 heterocycles. The van der Waals surface area contributed by atoms with Gasteiger partial charge >= 0.3 is 11.9 Å². The molecule has 8 nitrogen and oxygen atoms in total. The maximum Gasteiger partial charge on any atom is 0.350 e. The zero-order valence-corrected chi connectivity index (χ0v) is 21.4. The number of methoxy groups -OCH3 is 1. The zero-order valence-electron chi connectivity index (χ0n) is 19.8. The van der Waals surface area contributed by atoms with Crippen LogP contribution in [0, 0.1) is 6.92 Å². The van der Waals surface area contributed by atoms with Gasteiger partial charge in [0.1, 0.15) is 16.4 Å². The fourth-order valence-corrected chi connectivity index (χ4v) is 5.11. The molecule has 3 aromatic rings. The summed E-state index contributed by atoms with van der Waals surface area (Å²) in [5.41, 5.74) is 1.05. The summed E-state index contributed by atoms with van der Waals surface area (Å²) in [6.45, 7) is 4.07. The first-order valence-corrected chi connectivity index (χ1v) is 12.3. The standard InChI is InChI=1S/C26H23ClN2O6S/c1-4-11-35-18-10-6-8-16(13-18)21(30)19-20(15-7-5-9-17(27)12-15)29(24(32)22(19)31)26-28-14(2)23(36-26)25(33)34-3/h5-10,12-13,20,30H,4,11H2,1-3H3. The number of carbonyl (C=O) groups is 3.